The zero-order valence-corrected chi connectivity index (χ0v) is 12.5. The molecule has 0 saturated heterocycles. The Morgan fingerprint density at radius 2 is 2.06 bits per heavy atom. The summed E-state index contributed by atoms with van der Waals surface area (Å²) < 4.78 is 7.56. The highest BCUT2D eigenvalue weighted by Gasteiger charge is 2.10. The first kappa shape index (κ1) is 13.4. The van der Waals surface area contributed by atoms with Crippen LogP contribution in [0.15, 0.2) is 35.4 Å². The fourth-order valence-corrected chi connectivity index (χ4v) is 2.08. The molecule has 0 unspecified atom stereocenters. The van der Waals surface area contributed by atoms with E-state index in [1.54, 1.807) is 0 Å². The number of rotatable bonds is 3. The van der Waals surface area contributed by atoms with Crippen LogP contribution in [0.2, 0.25) is 5.15 Å². The molecule has 1 aromatic carbocycles. The second-order valence-corrected chi connectivity index (χ2v) is 5.23. The average molecular weight is 377 g/mol. The van der Waals surface area contributed by atoms with E-state index in [-0.39, 0.29) is 16.5 Å². The Hall–Kier alpha value is -1.08. The minimum absolute atomic E-state index is 0.0738. The van der Waals surface area contributed by atoms with E-state index < -0.39 is 0 Å². The molecule has 0 aliphatic rings. The van der Waals surface area contributed by atoms with Gasteiger partial charge < -0.3 is 4.74 Å². The molecule has 0 saturated carbocycles. The first-order valence-corrected chi connectivity index (χ1v) is 6.61. The molecule has 4 nitrogen and oxygen atoms in total. The Morgan fingerprint density at radius 3 is 2.67 bits per heavy atom. The van der Waals surface area contributed by atoms with Crippen LogP contribution in [0, 0.1) is 3.57 Å². The van der Waals surface area contributed by atoms with Gasteiger partial charge in [0.1, 0.15) is 0 Å². The zero-order chi connectivity index (χ0) is 13.1. The van der Waals surface area contributed by atoms with Crippen molar-refractivity contribution in [3.05, 3.63) is 55.2 Å². The molecule has 2 rings (SSSR count). The number of aromatic nitrogens is 2. The van der Waals surface area contributed by atoms with Crippen molar-refractivity contribution in [1.29, 1.82) is 0 Å². The quantitative estimate of drug-likeness (QED) is 0.611. The van der Waals surface area contributed by atoms with Crippen LogP contribution in [0.5, 0.6) is 5.75 Å². The largest absolute Gasteiger partial charge is 0.489 e. The minimum Gasteiger partial charge on any atom is -0.489 e. The third-order valence-corrected chi connectivity index (χ3v) is 3.41. The highest BCUT2D eigenvalue weighted by molar-refractivity contribution is 14.1. The van der Waals surface area contributed by atoms with Gasteiger partial charge in [0.2, 0.25) is 5.75 Å². The molecule has 0 aliphatic heterocycles. The summed E-state index contributed by atoms with van der Waals surface area (Å²) in [7, 11) is 1.40. The molecule has 1 aromatic heterocycles. The van der Waals surface area contributed by atoms with Gasteiger partial charge in [0.05, 0.1) is 20.0 Å². The van der Waals surface area contributed by atoms with Gasteiger partial charge in [0.25, 0.3) is 5.56 Å². The monoisotopic (exact) mass is 376 g/mol. The van der Waals surface area contributed by atoms with Gasteiger partial charge in [-0.3, -0.25) is 9.36 Å². The predicted molar refractivity (Wildman–Crippen MR) is 78.3 cm³/mol. The van der Waals surface area contributed by atoms with E-state index in [4.69, 9.17) is 16.3 Å². The minimum atomic E-state index is -0.281. The molecule has 0 fully saturated rings. The first-order chi connectivity index (χ1) is 8.61. The standard InChI is InChI=1S/C12H10ClIN2O2/c1-18-10-11(13)15-7-16(12(10)17)6-8-2-4-9(14)5-3-8/h2-5,7H,6H2,1H3. The van der Waals surface area contributed by atoms with Crippen LogP contribution in [-0.2, 0) is 6.54 Å². The lowest BCUT2D eigenvalue weighted by Gasteiger charge is -2.08. The molecule has 0 aliphatic carbocycles. The molecule has 0 bridgehead atoms. The van der Waals surface area contributed by atoms with Crippen molar-refractivity contribution in [2.75, 3.05) is 7.11 Å². The lowest BCUT2D eigenvalue weighted by molar-refractivity contribution is 0.401. The van der Waals surface area contributed by atoms with E-state index in [2.05, 4.69) is 27.6 Å². The Labute approximate surface area is 123 Å². The van der Waals surface area contributed by atoms with Crippen molar-refractivity contribution < 1.29 is 4.74 Å². The molecule has 1 heterocycles. The summed E-state index contributed by atoms with van der Waals surface area (Å²) in [6, 6.07) is 7.91. The van der Waals surface area contributed by atoms with Crippen molar-refractivity contribution in [2.24, 2.45) is 0 Å². The lowest BCUT2D eigenvalue weighted by atomic mass is 10.2. The van der Waals surface area contributed by atoms with Gasteiger partial charge in [-0.15, -0.1) is 0 Å². The summed E-state index contributed by atoms with van der Waals surface area (Å²) in [5.74, 6) is 0.0738. The summed E-state index contributed by atoms with van der Waals surface area (Å²) in [6.07, 6.45) is 1.42. The highest BCUT2D eigenvalue weighted by atomic mass is 127. The van der Waals surface area contributed by atoms with Crippen LogP contribution >= 0.6 is 34.2 Å². The summed E-state index contributed by atoms with van der Waals surface area (Å²) in [4.78, 5) is 15.9. The lowest BCUT2D eigenvalue weighted by Crippen LogP contribution is -2.22. The van der Waals surface area contributed by atoms with Crippen molar-refractivity contribution in [1.82, 2.24) is 9.55 Å². The third kappa shape index (κ3) is 2.84. The molecule has 2 aromatic rings. The topological polar surface area (TPSA) is 44.1 Å². The van der Waals surface area contributed by atoms with Crippen LogP contribution in [0.25, 0.3) is 0 Å². The average Bonchev–Trinajstić information content (AvgIpc) is 2.36. The Bertz CT molecular complexity index is 610. The molecule has 0 N–H and O–H groups in total. The molecule has 0 amide bonds. The molecule has 6 heteroatoms. The number of halogens is 2. The molecule has 0 spiro atoms. The smallest absolute Gasteiger partial charge is 0.297 e. The molecule has 18 heavy (non-hydrogen) atoms. The Morgan fingerprint density at radius 1 is 1.39 bits per heavy atom. The predicted octanol–water partition coefficient (Wildman–Crippen LogP) is 2.56. The summed E-state index contributed by atoms with van der Waals surface area (Å²) in [6.45, 7) is 0.441. The summed E-state index contributed by atoms with van der Waals surface area (Å²) in [5, 5.41) is 0.0846. The van der Waals surface area contributed by atoms with Gasteiger partial charge in [-0.2, -0.15) is 0 Å². The fourth-order valence-electron chi connectivity index (χ4n) is 1.52. The number of nitrogens with zero attached hydrogens (tertiary/aromatic N) is 2. The van der Waals surface area contributed by atoms with E-state index in [1.807, 2.05) is 24.3 Å². The van der Waals surface area contributed by atoms with Gasteiger partial charge in [-0.05, 0) is 40.3 Å². The second-order valence-electron chi connectivity index (χ2n) is 3.63. The van der Waals surface area contributed by atoms with E-state index in [9.17, 15) is 4.79 Å². The normalized spacial score (nSPS) is 10.4. The molecule has 0 radical (unpaired) electrons. The number of ether oxygens (including phenoxy) is 1. The number of hydrogen-bond acceptors (Lipinski definition) is 3. The van der Waals surface area contributed by atoms with Gasteiger partial charge in [0, 0.05) is 3.57 Å². The van der Waals surface area contributed by atoms with Crippen molar-refractivity contribution in [2.45, 2.75) is 6.54 Å². The van der Waals surface area contributed by atoms with E-state index >= 15 is 0 Å². The first-order valence-electron chi connectivity index (χ1n) is 5.15. The third-order valence-electron chi connectivity index (χ3n) is 2.42. The summed E-state index contributed by atoms with van der Waals surface area (Å²) >= 11 is 8.01. The van der Waals surface area contributed by atoms with Gasteiger partial charge in [-0.1, -0.05) is 23.7 Å². The Balaban J connectivity index is 2.35. The molecule has 94 valence electrons. The maximum absolute atomic E-state index is 12.0. The van der Waals surface area contributed by atoms with Crippen LogP contribution in [0.3, 0.4) is 0 Å². The zero-order valence-electron chi connectivity index (χ0n) is 9.56. The molecule has 0 atom stereocenters. The Kier molecular flexibility index (Phi) is 4.23. The SMILES string of the molecule is COc1c(Cl)ncn(Cc2ccc(I)cc2)c1=O. The number of methoxy groups -OCH3 is 1. The van der Waals surface area contributed by atoms with E-state index in [1.165, 1.54) is 18.0 Å². The van der Waals surface area contributed by atoms with Crippen LogP contribution in [0.4, 0.5) is 0 Å². The van der Waals surface area contributed by atoms with Crippen molar-refractivity contribution in [3.8, 4) is 5.75 Å². The van der Waals surface area contributed by atoms with Crippen LogP contribution in [0.1, 0.15) is 5.56 Å². The number of benzene rings is 1. The summed E-state index contributed by atoms with van der Waals surface area (Å²) in [5.41, 5.74) is 0.736. The van der Waals surface area contributed by atoms with Gasteiger partial charge in [-0.25, -0.2) is 4.98 Å². The van der Waals surface area contributed by atoms with Crippen LogP contribution < -0.4 is 10.3 Å². The van der Waals surface area contributed by atoms with Gasteiger partial charge in [0.15, 0.2) is 5.15 Å². The van der Waals surface area contributed by atoms with E-state index in [0.29, 0.717) is 6.54 Å². The van der Waals surface area contributed by atoms with E-state index in [0.717, 1.165) is 9.13 Å². The van der Waals surface area contributed by atoms with Crippen molar-refractivity contribution in [3.63, 3.8) is 0 Å². The molecular weight excluding hydrogens is 367 g/mol. The highest BCUT2D eigenvalue weighted by Crippen LogP contribution is 2.15. The number of hydrogen-bond donors (Lipinski definition) is 0. The van der Waals surface area contributed by atoms with Crippen molar-refractivity contribution >= 4 is 34.2 Å². The van der Waals surface area contributed by atoms with Crippen LogP contribution in [-0.4, -0.2) is 16.7 Å². The maximum atomic E-state index is 12.0. The van der Waals surface area contributed by atoms with Gasteiger partial charge >= 0.3 is 0 Å². The fraction of sp³-hybridized carbons (Fsp3) is 0.167. The molecular formula is C12H10ClIN2O2. The maximum Gasteiger partial charge on any atom is 0.297 e. The second kappa shape index (κ2) is 5.71.